The van der Waals surface area contributed by atoms with Crippen LogP contribution >= 0.6 is 0 Å². The SMILES string of the molecule is Cc1cc(C(=O)N[C@H]2CCC3(CCN(CCC(C)(C)C)CC3)c3ccccc32)nn1C. The Kier molecular flexibility index (Phi) is 5.99. The Bertz CT molecular complexity index is 912. The van der Waals surface area contributed by atoms with E-state index in [0.29, 0.717) is 11.1 Å². The monoisotopic (exact) mass is 422 g/mol. The minimum atomic E-state index is -0.0727. The molecule has 1 spiro atoms. The van der Waals surface area contributed by atoms with Crippen LogP contribution in [0.2, 0.25) is 0 Å². The van der Waals surface area contributed by atoms with E-state index in [1.807, 2.05) is 20.0 Å². The molecular formula is C26H38N4O. The Morgan fingerprint density at radius 3 is 2.55 bits per heavy atom. The highest BCUT2D eigenvalue weighted by Crippen LogP contribution is 2.48. The Morgan fingerprint density at radius 1 is 1.19 bits per heavy atom. The molecule has 1 aromatic carbocycles. The first-order chi connectivity index (χ1) is 14.7. The highest BCUT2D eigenvalue weighted by Gasteiger charge is 2.42. The van der Waals surface area contributed by atoms with Gasteiger partial charge in [-0.05, 0) is 86.7 Å². The fraction of sp³-hybridized carbons (Fsp3) is 0.615. The molecule has 168 valence electrons. The van der Waals surface area contributed by atoms with Crippen molar-refractivity contribution in [3.63, 3.8) is 0 Å². The zero-order valence-electron chi connectivity index (χ0n) is 19.9. The number of carbonyl (C=O) groups excluding carboxylic acids is 1. The third kappa shape index (κ3) is 4.72. The largest absolute Gasteiger partial charge is 0.344 e. The molecule has 1 aliphatic heterocycles. The molecule has 5 heteroatoms. The Hall–Kier alpha value is -2.14. The number of hydrogen-bond acceptors (Lipinski definition) is 3. The first-order valence-electron chi connectivity index (χ1n) is 11.8. The fourth-order valence-electron chi connectivity index (χ4n) is 5.27. The van der Waals surface area contributed by atoms with Gasteiger partial charge in [0, 0.05) is 12.7 Å². The lowest BCUT2D eigenvalue weighted by Gasteiger charge is -2.47. The summed E-state index contributed by atoms with van der Waals surface area (Å²) in [5, 5.41) is 7.63. The number of hydrogen-bond donors (Lipinski definition) is 1. The van der Waals surface area contributed by atoms with Crippen LogP contribution < -0.4 is 5.32 Å². The molecule has 2 aliphatic rings. The van der Waals surface area contributed by atoms with Crippen molar-refractivity contribution >= 4 is 5.91 Å². The average molecular weight is 423 g/mol. The molecule has 1 aromatic heterocycles. The summed E-state index contributed by atoms with van der Waals surface area (Å²) in [7, 11) is 1.87. The predicted molar refractivity (Wildman–Crippen MR) is 125 cm³/mol. The maximum Gasteiger partial charge on any atom is 0.272 e. The Balaban J connectivity index is 1.47. The smallest absolute Gasteiger partial charge is 0.272 e. The number of fused-ring (bicyclic) bond motifs is 2. The van der Waals surface area contributed by atoms with Gasteiger partial charge in [0.15, 0.2) is 0 Å². The average Bonchev–Trinajstić information content (AvgIpc) is 3.08. The van der Waals surface area contributed by atoms with Gasteiger partial charge in [-0.25, -0.2) is 0 Å². The van der Waals surface area contributed by atoms with Gasteiger partial charge in [-0.3, -0.25) is 9.48 Å². The number of nitrogens with one attached hydrogen (secondary N) is 1. The molecule has 1 aliphatic carbocycles. The number of aromatic nitrogens is 2. The zero-order chi connectivity index (χ0) is 22.2. The fourth-order valence-corrected chi connectivity index (χ4v) is 5.27. The minimum Gasteiger partial charge on any atom is -0.344 e. The summed E-state index contributed by atoms with van der Waals surface area (Å²) in [5.41, 5.74) is 4.91. The second kappa shape index (κ2) is 8.42. The van der Waals surface area contributed by atoms with Crippen molar-refractivity contribution in [3.05, 3.63) is 52.8 Å². The molecule has 0 saturated carbocycles. The molecule has 1 amide bonds. The van der Waals surface area contributed by atoms with Crippen LogP contribution in [0.5, 0.6) is 0 Å². The van der Waals surface area contributed by atoms with Crippen molar-refractivity contribution in [1.29, 1.82) is 0 Å². The summed E-state index contributed by atoms with van der Waals surface area (Å²) in [5.74, 6) is -0.0727. The number of rotatable bonds is 4. The van der Waals surface area contributed by atoms with E-state index in [2.05, 4.69) is 60.4 Å². The van der Waals surface area contributed by atoms with E-state index in [1.165, 1.54) is 50.0 Å². The van der Waals surface area contributed by atoms with E-state index in [0.717, 1.165) is 18.5 Å². The van der Waals surface area contributed by atoms with Crippen LogP contribution in [0.25, 0.3) is 0 Å². The third-order valence-electron chi connectivity index (χ3n) is 7.46. The second-order valence-electron chi connectivity index (χ2n) is 10.9. The lowest BCUT2D eigenvalue weighted by molar-refractivity contribution is 0.0908. The summed E-state index contributed by atoms with van der Waals surface area (Å²) in [6.07, 6.45) is 5.82. The number of amides is 1. The summed E-state index contributed by atoms with van der Waals surface area (Å²) in [6, 6.07) is 10.7. The number of piperidine rings is 1. The standard InChI is InChI=1S/C26H38N4O/c1-19-18-23(28-29(19)5)24(31)27-22-10-11-26(21-9-7-6-8-20(21)22)13-16-30(17-14-26)15-12-25(2,3)4/h6-9,18,22H,10-17H2,1-5H3,(H,27,31)/t22-/m0/s1. The van der Waals surface area contributed by atoms with Crippen LogP contribution in [0.15, 0.2) is 30.3 Å². The van der Waals surface area contributed by atoms with Gasteiger partial charge >= 0.3 is 0 Å². The van der Waals surface area contributed by atoms with Crippen LogP contribution in [-0.2, 0) is 12.5 Å². The van der Waals surface area contributed by atoms with E-state index in [-0.39, 0.29) is 17.4 Å². The molecule has 31 heavy (non-hydrogen) atoms. The number of aryl methyl sites for hydroxylation is 2. The molecule has 1 saturated heterocycles. The maximum absolute atomic E-state index is 12.9. The first-order valence-corrected chi connectivity index (χ1v) is 11.8. The predicted octanol–water partition coefficient (Wildman–Crippen LogP) is 4.76. The molecule has 2 heterocycles. The molecule has 1 N–H and O–H groups in total. The molecule has 5 nitrogen and oxygen atoms in total. The lowest BCUT2D eigenvalue weighted by atomic mass is 9.63. The number of benzene rings is 1. The van der Waals surface area contributed by atoms with E-state index < -0.39 is 0 Å². The van der Waals surface area contributed by atoms with Gasteiger partial charge < -0.3 is 10.2 Å². The zero-order valence-corrected chi connectivity index (χ0v) is 19.9. The number of carbonyl (C=O) groups is 1. The van der Waals surface area contributed by atoms with E-state index in [1.54, 1.807) is 4.68 Å². The van der Waals surface area contributed by atoms with Crippen molar-refractivity contribution < 1.29 is 4.79 Å². The van der Waals surface area contributed by atoms with Crippen molar-refractivity contribution in [3.8, 4) is 0 Å². The summed E-state index contributed by atoms with van der Waals surface area (Å²) < 4.78 is 1.76. The molecule has 1 fully saturated rings. The quantitative estimate of drug-likeness (QED) is 0.773. The first kappa shape index (κ1) is 22.1. The molecule has 1 atom stereocenters. The topological polar surface area (TPSA) is 50.2 Å². The number of nitrogens with zero attached hydrogens (tertiary/aromatic N) is 3. The third-order valence-corrected chi connectivity index (χ3v) is 7.46. The molecule has 2 aromatic rings. The minimum absolute atomic E-state index is 0.0653. The van der Waals surface area contributed by atoms with Gasteiger partial charge in [0.05, 0.1) is 6.04 Å². The molecule has 0 radical (unpaired) electrons. The summed E-state index contributed by atoms with van der Waals surface area (Å²) in [4.78, 5) is 15.5. The van der Waals surface area contributed by atoms with E-state index >= 15 is 0 Å². The van der Waals surface area contributed by atoms with Crippen LogP contribution in [0, 0.1) is 12.3 Å². The van der Waals surface area contributed by atoms with Crippen LogP contribution in [-0.4, -0.2) is 40.2 Å². The lowest BCUT2D eigenvalue weighted by Crippen LogP contribution is -2.46. The van der Waals surface area contributed by atoms with E-state index in [4.69, 9.17) is 0 Å². The Morgan fingerprint density at radius 2 is 1.90 bits per heavy atom. The second-order valence-corrected chi connectivity index (χ2v) is 10.9. The molecule has 0 bridgehead atoms. The Labute approximate surface area is 187 Å². The summed E-state index contributed by atoms with van der Waals surface area (Å²) in [6.45, 7) is 12.5. The normalized spacial score (nSPS) is 21.1. The van der Waals surface area contributed by atoms with Gasteiger partial charge in [0.1, 0.15) is 5.69 Å². The van der Waals surface area contributed by atoms with Gasteiger partial charge in [0.2, 0.25) is 0 Å². The van der Waals surface area contributed by atoms with Gasteiger partial charge in [0.25, 0.3) is 5.91 Å². The van der Waals surface area contributed by atoms with Crippen molar-refractivity contribution in [2.24, 2.45) is 12.5 Å². The summed E-state index contributed by atoms with van der Waals surface area (Å²) >= 11 is 0. The highest BCUT2D eigenvalue weighted by atomic mass is 16.2. The van der Waals surface area contributed by atoms with Crippen LogP contribution in [0.1, 0.15) is 86.2 Å². The maximum atomic E-state index is 12.9. The van der Waals surface area contributed by atoms with Gasteiger partial charge in [-0.2, -0.15) is 5.10 Å². The van der Waals surface area contributed by atoms with Gasteiger partial charge in [-0.1, -0.05) is 45.0 Å². The molecule has 4 rings (SSSR count). The molecular weight excluding hydrogens is 384 g/mol. The van der Waals surface area contributed by atoms with E-state index in [9.17, 15) is 4.79 Å². The van der Waals surface area contributed by atoms with Gasteiger partial charge in [-0.15, -0.1) is 0 Å². The van der Waals surface area contributed by atoms with Crippen LogP contribution in [0.3, 0.4) is 0 Å². The van der Waals surface area contributed by atoms with Crippen molar-refractivity contribution in [2.75, 3.05) is 19.6 Å². The van der Waals surface area contributed by atoms with Crippen LogP contribution in [0.4, 0.5) is 0 Å². The number of likely N-dealkylation sites (tertiary alicyclic amines) is 1. The highest BCUT2D eigenvalue weighted by molar-refractivity contribution is 5.92. The molecule has 0 unspecified atom stereocenters. The van der Waals surface area contributed by atoms with Crippen molar-refractivity contribution in [1.82, 2.24) is 20.0 Å². The van der Waals surface area contributed by atoms with Crippen molar-refractivity contribution in [2.45, 2.75) is 71.3 Å².